The number of fused-ring (bicyclic) bond motifs is 2. The molecule has 3 heteroatoms. The molecule has 0 amide bonds. The molecule has 8 aromatic carbocycles. The van der Waals surface area contributed by atoms with Crippen molar-refractivity contribution < 1.29 is 0 Å². The van der Waals surface area contributed by atoms with Crippen molar-refractivity contribution in [1.82, 2.24) is 15.0 Å². The SMILES string of the molecule is c1ccc(-c2ccc3cc(-c4nc(-c5cc(-c6ccccc6)c6ccccc6c5)nc(-c5ccccc5-c5ccccc5)n4)ccc3c2)cc1. The first-order valence-electron chi connectivity index (χ1n) is 16.9. The third-order valence-corrected chi connectivity index (χ3v) is 9.30. The van der Waals surface area contributed by atoms with Crippen LogP contribution in [0.1, 0.15) is 0 Å². The summed E-state index contributed by atoms with van der Waals surface area (Å²) in [5, 5.41) is 4.63. The molecule has 0 spiro atoms. The molecule has 0 fully saturated rings. The van der Waals surface area contributed by atoms with Crippen LogP contribution in [-0.2, 0) is 0 Å². The second kappa shape index (κ2) is 12.7. The van der Waals surface area contributed by atoms with Crippen molar-refractivity contribution in [1.29, 1.82) is 0 Å². The van der Waals surface area contributed by atoms with E-state index in [1.807, 2.05) is 12.1 Å². The second-order valence-corrected chi connectivity index (χ2v) is 12.5. The van der Waals surface area contributed by atoms with Crippen LogP contribution in [0.15, 0.2) is 188 Å². The van der Waals surface area contributed by atoms with Crippen LogP contribution in [-0.4, -0.2) is 15.0 Å². The highest BCUT2D eigenvalue weighted by atomic mass is 15.0. The molecule has 3 nitrogen and oxygen atoms in total. The highest BCUT2D eigenvalue weighted by molar-refractivity contribution is 6.00. The lowest BCUT2D eigenvalue weighted by molar-refractivity contribution is 1.08. The predicted molar refractivity (Wildman–Crippen MR) is 207 cm³/mol. The summed E-state index contributed by atoms with van der Waals surface area (Å²) in [7, 11) is 0. The molecule has 1 heterocycles. The molecule has 0 bridgehead atoms. The highest BCUT2D eigenvalue weighted by Gasteiger charge is 2.17. The van der Waals surface area contributed by atoms with Gasteiger partial charge in [0.05, 0.1) is 0 Å². The first-order valence-corrected chi connectivity index (χ1v) is 16.9. The van der Waals surface area contributed by atoms with Crippen molar-refractivity contribution in [2.45, 2.75) is 0 Å². The van der Waals surface area contributed by atoms with Gasteiger partial charge in [0.2, 0.25) is 0 Å². The lowest BCUT2D eigenvalue weighted by Gasteiger charge is -2.14. The monoisotopic (exact) mass is 637 g/mol. The first-order chi connectivity index (χ1) is 24.8. The van der Waals surface area contributed by atoms with Gasteiger partial charge in [-0.2, -0.15) is 0 Å². The Hall–Kier alpha value is -6.71. The second-order valence-electron chi connectivity index (χ2n) is 12.5. The minimum absolute atomic E-state index is 0.635. The van der Waals surface area contributed by atoms with Crippen LogP contribution in [0, 0.1) is 0 Å². The third kappa shape index (κ3) is 5.61. The maximum Gasteiger partial charge on any atom is 0.164 e. The molecule has 0 saturated carbocycles. The van der Waals surface area contributed by atoms with Gasteiger partial charge in [-0.25, -0.2) is 15.0 Å². The normalized spacial score (nSPS) is 11.2. The lowest BCUT2D eigenvalue weighted by atomic mass is 9.95. The zero-order valence-corrected chi connectivity index (χ0v) is 27.2. The molecule has 0 unspecified atom stereocenters. The Labute approximate surface area is 291 Å². The average Bonchev–Trinajstić information content (AvgIpc) is 3.21. The minimum Gasteiger partial charge on any atom is -0.208 e. The van der Waals surface area contributed by atoms with Crippen molar-refractivity contribution in [3.05, 3.63) is 188 Å². The Bertz CT molecular complexity index is 2630. The van der Waals surface area contributed by atoms with Crippen LogP contribution in [0.4, 0.5) is 0 Å². The molecule has 9 aromatic rings. The number of hydrogen-bond acceptors (Lipinski definition) is 3. The molecule has 1 aromatic heterocycles. The highest BCUT2D eigenvalue weighted by Crippen LogP contribution is 2.36. The molecule has 0 N–H and O–H groups in total. The van der Waals surface area contributed by atoms with Gasteiger partial charge >= 0.3 is 0 Å². The van der Waals surface area contributed by atoms with Crippen LogP contribution < -0.4 is 0 Å². The summed E-state index contributed by atoms with van der Waals surface area (Å²) in [6, 6.07) is 65.8. The minimum atomic E-state index is 0.635. The van der Waals surface area contributed by atoms with Crippen LogP contribution in [0.25, 0.3) is 89.1 Å². The molecule has 234 valence electrons. The van der Waals surface area contributed by atoms with E-state index < -0.39 is 0 Å². The first kappa shape index (κ1) is 29.4. The largest absolute Gasteiger partial charge is 0.208 e. The molecule has 9 rings (SSSR count). The molecule has 50 heavy (non-hydrogen) atoms. The fourth-order valence-electron chi connectivity index (χ4n) is 6.79. The molecule has 0 aliphatic heterocycles. The predicted octanol–water partition coefficient (Wildman–Crippen LogP) is 12.2. The molecular weight excluding hydrogens is 607 g/mol. The van der Waals surface area contributed by atoms with E-state index in [0.29, 0.717) is 17.5 Å². The summed E-state index contributed by atoms with van der Waals surface area (Å²) < 4.78 is 0. The molecule has 0 radical (unpaired) electrons. The van der Waals surface area contributed by atoms with Crippen LogP contribution >= 0.6 is 0 Å². The smallest absolute Gasteiger partial charge is 0.164 e. The van der Waals surface area contributed by atoms with E-state index in [2.05, 4.69) is 176 Å². The van der Waals surface area contributed by atoms with E-state index in [4.69, 9.17) is 15.0 Å². The fraction of sp³-hybridized carbons (Fsp3) is 0. The summed E-state index contributed by atoms with van der Waals surface area (Å²) >= 11 is 0. The topological polar surface area (TPSA) is 38.7 Å². The van der Waals surface area contributed by atoms with Gasteiger partial charge in [-0.15, -0.1) is 0 Å². The number of aromatic nitrogens is 3. The molecular formula is C47H31N3. The molecule has 0 aliphatic rings. The van der Waals surface area contributed by atoms with E-state index in [9.17, 15) is 0 Å². The van der Waals surface area contributed by atoms with Gasteiger partial charge < -0.3 is 0 Å². The maximum absolute atomic E-state index is 5.21. The third-order valence-electron chi connectivity index (χ3n) is 9.30. The van der Waals surface area contributed by atoms with Gasteiger partial charge in [0.15, 0.2) is 17.5 Å². The van der Waals surface area contributed by atoms with E-state index in [0.717, 1.165) is 49.7 Å². The van der Waals surface area contributed by atoms with Gasteiger partial charge in [-0.05, 0) is 79.2 Å². The van der Waals surface area contributed by atoms with Gasteiger partial charge in [0, 0.05) is 16.7 Å². The zero-order valence-electron chi connectivity index (χ0n) is 27.2. The van der Waals surface area contributed by atoms with E-state index in [1.54, 1.807) is 0 Å². The molecule has 0 aliphatic carbocycles. The van der Waals surface area contributed by atoms with Crippen LogP contribution in [0.5, 0.6) is 0 Å². The van der Waals surface area contributed by atoms with Gasteiger partial charge in [-0.1, -0.05) is 164 Å². The Morgan fingerprint density at radius 3 is 1.42 bits per heavy atom. The van der Waals surface area contributed by atoms with E-state index in [1.165, 1.54) is 21.9 Å². The fourth-order valence-corrected chi connectivity index (χ4v) is 6.79. The average molecular weight is 638 g/mol. The van der Waals surface area contributed by atoms with Crippen molar-refractivity contribution in [3.8, 4) is 67.5 Å². The number of rotatable bonds is 6. The summed E-state index contributed by atoms with van der Waals surface area (Å²) in [6.07, 6.45) is 0. The van der Waals surface area contributed by atoms with Gasteiger partial charge in [-0.3, -0.25) is 0 Å². The summed E-state index contributed by atoms with van der Waals surface area (Å²) in [4.78, 5) is 15.6. The van der Waals surface area contributed by atoms with E-state index in [-0.39, 0.29) is 0 Å². The molecule has 0 atom stereocenters. The summed E-state index contributed by atoms with van der Waals surface area (Å²) in [5.41, 5.74) is 9.72. The number of nitrogens with zero attached hydrogens (tertiary/aromatic N) is 3. The summed E-state index contributed by atoms with van der Waals surface area (Å²) in [6.45, 7) is 0. The van der Waals surface area contributed by atoms with Crippen molar-refractivity contribution in [2.75, 3.05) is 0 Å². The van der Waals surface area contributed by atoms with Crippen molar-refractivity contribution in [2.24, 2.45) is 0 Å². The standard InChI is InChI=1S/C47H31N3/c1-4-14-32(15-5-1)35-24-25-37-29-39(27-26-36(37)28-35)45-48-46(50-47(49-45)43-23-13-12-21-41(43)33-16-6-2-7-17-33)40-30-38-20-10-11-22-42(38)44(31-40)34-18-8-3-9-19-34/h1-31H. The summed E-state index contributed by atoms with van der Waals surface area (Å²) in [5.74, 6) is 1.91. The lowest BCUT2D eigenvalue weighted by Crippen LogP contribution is -2.01. The molecule has 0 saturated heterocycles. The van der Waals surface area contributed by atoms with Crippen LogP contribution in [0.2, 0.25) is 0 Å². The van der Waals surface area contributed by atoms with Crippen molar-refractivity contribution >= 4 is 21.5 Å². The zero-order chi connectivity index (χ0) is 33.3. The van der Waals surface area contributed by atoms with Crippen LogP contribution in [0.3, 0.4) is 0 Å². The Balaban J connectivity index is 1.25. The maximum atomic E-state index is 5.21. The van der Waals surface area contributed by atoms with Crippen molar-refractivity contribution in [3.63, 3.8) is 0 Å². The van der Waals surface area contributed by atoms with Gasteiger partial charge in [0.25, 0.3) is 0 Å². The van der Waals surface area contributed by atoms with Gasteiger partial charge in [0.1, 0.15) is 0 Å². The Morgan fingerprint density at radius 2 is 0.720 bits per heavy atom. The number of hydrogen-bond donors (Lipinski definition) is 0. The van der Waals surface area contributed by atoms with E-state index >= 15 is 0 Å². The number of benzene rings is 8. The quantitative estimate of drug-likeness (QED) is 0.182. The Morgan fingerprint density at radius 1 is 0.240 bits per heavy atom. The Kier molecular flexibility index (Phi) is 7.49.